The molecule has 0 rings (SSSR count). The maximum absolute atomic E-state index is 13.0. The van der Waals surface area contributed by atoms with Crippen LogP contribution in [0.2, 0.25) is 0 Å². The van der Waals surface area contributed by atoms with Gasteiger partial charge in [-0.05, 0) is 89.9 Å². The smallest absolute Gasteiger partial charge is 0.268 e. The number of rotatable bonds is 63. The molecule has 0 aromatic rings. The number of unbranched alkanes of at least 4 members (excludes halogenated alkanes) is 32. The van der Waals surface area contributed by atoms with Crippen LogP contribution in [0.5, 0.6) is 0 Å². The number of quaternary nitrogens is 1. The second-order valence-corrected chi connectivity index (χ2v) is 25.9. The fourth-order valence-electron chi connectivity index (χ4n) is 9.80. The minimum atomic E-state index is -4.61. The predicted octanol–water partition coefficient (Wildman–Crippen LogP) is 21.8. The van der Waals surface area contributed by atoms with E-state index in [2.05, 4.69) is 129 Å². The molecule has 0 aromatic carbocycles. The summed E-state index contributed by atoms with van der Waals surface area (Å²) in [5, 5.41) is 13.9. The highest BCUT2D eigenvalue weighted by atomic mass is 31.2. The van der Waals surface area contributed by atoms with E-state index in [-0.39, 0.29) is 19.1 Å². The Labute approximate surface area is 520 Å². The number of nitrogens with one attached hydrogen (secondary N) is 1. The largest absolute Gasteiger partial charge is 0.756 e. The van der Waals surface area contributed by atoms with E-state index in [0.29, 0.717) is 17.4 Å². The third-order valence-corrected chi connectivity index (χ3v) is 16.1. The van der Waals surface area contributed by atoms with Crippen LogP contribution in [0.1, 0.15) is 296 Å². The van der Waals surface area contributed by atoms with E-state index in [1.54, 1.807) is 6.08 Å². The number of carbonyl (C=O) groups is 1. The van der Waals surface area contributed by atoms with Crippen molar-refractivity contribution in [3.63, 3.8) is 0 Å². The Kier molecular flexibility index (Phi) is 62.0. The second kappa shape index (κ2) is 64.4. The maximum atomic E-state index is 13.0. The normalized spacial score (nSPS) is 14.4. The lowest BCUT2D eigenvalue weighted by Gasteiger charge is -2.29. The standard InChI is InChI=1S/C75H133N2O6P/c1-6-8-10-12-14-16-18-20-22-24-26-28-29-30-31-32-33-34-35-36-37-38-39-40-41-42-43-44-45-46-47-49-51-53-55-57-59-61-63-65-67-69-75(79)76-73(72-83-84(80,81)82-71-70-77(3,4)5)74(78)68-66-64-62-60-58-56-54-52-50-48-27-25-23-21-19-17-15-13-11-9-7-2/h8,10,14,16,20,22,26,28,30-31,33-34,36-37,39-40,42-43,66,68,73-74,78H,6-7,9,11-13,15,17-19,21,23-25,27,29,32,35,38,41,44-65,67,69-72H2,1-5H3,(H-,76,79,80,81)/b10-8-,16-14-,22-20-,28-26-,31-30-,34-33-,37-36-,40-39-,43-42-,68-66+. The molecule has 0 heterocycles. The molecule has 3 unspecified atom stereocenters. The van der Waals surface area contributed by atoms with Crippen molar-refractivity contribution in [2.75, 3.05) is 40.9 Å². The van der Waals surface area contributed by atoms with Crippen molar-refractivity contribution in [2.24, 2.45) is 0 Å². The fraction of sp³-hybridized carbons (Fsp3) is 0.720. The van der Waals surface area contributed by atoms with Crippen molar-refractivity contribution < 1.29 is 32.9 Å². The molecule has 1 amide bonds. The molecular weight excluding hydrogens is 1060 g/mol. The van der Waals surface area contributed by atoms with Crippen LogP contribution in [0, 0.1) is 0 Å². The van der Waals surface area contributed by atoms with Crippen LogP contribution < -0.4 is 10.2 Å². The zero-order chi connectivity index (χ0) is 61.2. The molecular formula is C75H133N2O6P. The first-order valence-corrected chi connectivity index (χ1v) is 36.4. The Bertz CT molecular complexity index is 1780. The number of phosphoric ester groups is 1. The summed E-state index contributed by atoms with van der Waals surface area (Å²) in [7, 11) is 1.26. The highest BCUT2D eigenvalue weighted by Crippen LogP contribution is 2.38. The molecule has 0 aromatic heterocycles. The lowest BCUT2D eigenvalue weighted by atomic mass is 10.0. The van der Waals surface area contributed by atoms with Gasteiger partial charge in [-0.15, -0.1) is 0 Å². The van der Waals surface area contributed by atoms with Crippen LogP contribution in [0.25, 0.3) is 0 Å². The monoisotopic (exact) mass is 1190 g/mol. The molecule has 8 nitrogen and oxygen atoms in total. The number of carbonyl (C=O) groups excluding carboxylic acids is 1. The number of allylic oxidation sites excluding steroid dienone is 19. The van der Waals surface area contributed by atoms with Crippen LogP contribution in [0.3, 0.4) is 0 Å². The van der Waals surface area contributed by atoms with Gasteiger partial charge in [-0.3, -0.25) is 9.36 Å². The summed E-state index contributed by atoms with van der Waals surface area (Å²) >= 11 is 0. The van der Waals surface area contributed by atoms with Gasteiger partial charge >= 0.3 is 0 Å². The molecule has 0 spiro atoms. The summed E-state index contributed by atoms with van der Waals surface area (Å²) in [5.74, 6) is -0.200. The molecule has 2 N–H and O–H groups in total. The van der Waals surface area contributed by atoms with Gasteiger partial charge < -0.3 is 28.8 Å². The van der Waals surface area contributed by atoms with Crippen molar-refractivity contribution in [3.05, 3.63) is 122 Å². The Balaban J connectivity index is 4.07. The van der Waals surface area contributed by atoms with Gasteiger partial charge in [0.05, 0.1) is 39.9 Å². The van der Waals surface area contributed by atoms with Crippen molar-refractivity contribution in [2.45, 2.75) is 309 Å². The van der Waals surface area contributed by atoms with E-state index in [9.17, 15) is 19.4 Å². The second-order valence-electron chi connectivity index (χ2n) is 24.5. The molecule has 3 atom stereocenters. The zero-order valence-electron chi connectivity index (χ0n) is 55.3. The number of aliphatic hydroxyl groups is 1. The first-order chi connectivity index (χ1) is 41.0. The fourth-order valence-corrected chi connectivity index (χ4v) is 10.5. The zero-order valence-corrected chi connectivity index (χ0v) is 56.2. The summed E-state index contributed by atoms with van der Waals surface area (Å²) in [5.41, 5.74) is 0. The molecule has 0 aliphatic rings. The summed E-state index contributed by atoms with van der Waals surface area (Å²) in [6.07, 6.45) is 95.9. The topological polar surface area (TPSA) is 108 Å². The Morgan fingerprint density at radius 3 is 1.06 bits per heavy atom. The van der Waals surface area contributed by atoms with Gasteiger partial charge in [0.1, 0.15) is 13.2 Å². The average molecular weight is 1190 g/mol. The van der Waals surface area contributed by atoms with Gasteiger partial charge in [0.15, 0.2) is 0 Å². The van der Waals surface area contributed by atoms with E-state index in [0.717, 1.165) is 96.3 Å². The molecule has 0 fully saturated rings. The van der Waals surface area contributed by atoms with Gasteiger partial charge in [-0.1, -0.05) is 322 Å². The van der Waals surface area contributed by atoms with Gasteiger partial charge in [-0.2, -0.15) is 0 Å². The van der Waals surface area contributed by atoms with Crippen molar-refractivity contribution in [1.82, 2.24) is 5.32 Å². The van der Waals surface area contributed by atoms with Crippen molar-refractivity contribution in [3.8, 4) is 0 Å². The molecule has 0 aliphatic carbocycles. The lowest BCUT2D eigenvalue weighted by Crippen LogP contribution is -2.45. The molecule has 0 aliphatic heterocycles. The van der Waals surface area contributed by atoms with Crippen molar-refractivity contribution >= 4 is 13.7 Å². The summed E-state index contributed by atoms with van der Waals surface area (Å²) < 4.78 is 23.4. The molecule has 0 saturated carbocycles. The first-order valence-electron chi connectivity index (χ1n) is 34.9. The van der Waals surface area contributed by atoms with Crippen LogP contribution in [0.15, 0.2) is 122 Å². The number of nitrogens with zero attached hydrogens (tertiary/aromatic N) is 1. The first kappa shape index (κ1) is 80.9. The van der Waals surface area contributed by atoms with E-state index in [1.807, 2.05) is 27.2 Å². The summed E-state index contributed by atoms with van der Waals surface area (Å²) in [6.45, 7) is 4.55. The average Bonchev–Trinajstić information content (AvgIpc) is 3.56. The minimum Gasteiger partial charge on any atom is -0.756 e. The number of hydrogen-bond acceptors (Lipinski definition) is 6. The van der Waals surface area contributed by atoms with Crippen LogP contribution in [-0.2, 0) is 18.4 Å². The van der Waals surface area contributed by atoms with E-state index >= 15 is 0 Å². The highest BCUT2D eigenvalue weighted by molar-refractivity contribution is 7.45. The number of likely N-dealkylation sites (N-methyl/N-ethyl adjacent to an activating group) is 1. The molecule has 0 radical (unpaired) electrons. The summed E-state index contributed by atoms with van der Waals surface area (Å²) in [6, 6.07) is -0.895. The molecule has 0 saturated heterocycles. The van der Waals surface area contributed by atoms with Gasteiger partial charge in [0.2, 0.25) is 5.91 Å². The number of phosphoric acid groups is 1. The van der Waals surface area contributed by atoms with Crippen LogP contribution in [-0.4, -0.2) is 68.5 Å². The highest BCUT2D eigenvalue weighted by Gasteiger charge is 2.23. The van der Waals surface area contributed by atoms with Crippen LogP contribution >= 0.6 is 7.82 Å². The number of aliphatic hydroxyl groups excluding tert-OH is 1. The van der Waals surface area contributed by atoms with Gasteiger partial charge in [-0.25, -0.2) is 0 Å². The predicted molar refractivity (Wildman–Crippen MR) is 366 cm³/mol. The SMILES string of the molecule is CC/C=C\C/C=C\C/C=C\C/C=C\C/C=C\C/C=C\C/C=C\C/C=C\C/C=C\CCCCCCCCCCCCCCCC(=O)NC(COP(=O)([O-])OCC[N+](C)(C)C)C(O)/C=C/CCCCCCCCCCCCCCCCCCCCC. The minimum absolute atomic E-state index is 0.00483. The molecule has 84 heavy (non-hydrogen) atoms. The Morgan fingerprint density at radius 2 is 0.726 bits per heavy atom. The Morgan fingerprint density at radius 1 is 0.429 bits per heavy atom. The summed E-state index contributed by atoms with van der Waals surface area (Å²) in [4.78, 5) is 25.6. The van der Waals surface area contributed by atoms with Gasteiger partial charge in [0, 0.05) is 6.42 Å². The molecule has 9 heteroatoms. The third kappa shape index (κ3) is 66.4. The van der Waals surface area contributed by atoms with Crippen LogP contribution in [0.4, 0.5) is 0 Å². The van der Waals surface area contributed by atoms with Gasteiger partial charge in [0.25, 0.3) is 7.82 Å². The number of amides is 1. The molecule has 484 valence electrons. The van der Waals surface area contributed by atoms with Crippen molar-refractivity contribution in [1.29, 1.82) is 0 Å². The number of hydrogen-bond donors (Lipinski definition) is 2. The third-order valence-electron chi connectivity index (χ3n) is 15.2. The van der Waals surface area contributed by atoms with E-state index < -0.39 is 20.0 Å². The maximum Gasteiger partial charge on any atom is 0.268 e. The Hall–Kier alpha value is -3.10. The van der Waals surface area contributed by atoms with E-state index in [4.69, 9.17) is 9.05 Å². The van der Waals surface area contributed by atoms with E-state index in [1.165, 1.54) is 180 Å². The quantitative estimate of drug-likeness (QED) is 0.0272. The lowest BCUT2D eigenvalue weighted by molar-refractivity contribution is -0.870. The molecule has 0 bridgehead atoms.